The summed E-state index contributed by atoms with van der Waals surface area (Å²) in [5.74, 6) is -0.229. The summed E-state index contributed by atoms with van der Waals surface area (Å²) < 4.78 is 5.53. The van der Waals surface area contributed by atoms with Crippen LogP contribution >= 0.6 is 0 Å². The molecule has 1 aliphatic rings. The first-order valence-corrected chi connectivity index (χ1v) is 5.54. The molecule has 0 spiro atoms. The summed E-state index contributed by atoms with van der Waals surface area (Å²) in [5, 5.41) is 2.49. The lowest BCUT2D eigenvalue weighted by atomic mass is 10.1. The monoisotopic (exact) mass is 241 g/mol. The molecule has 0 radical (unpaired) electrons. The second-order valence-corrected chi connectivity index (χ2v) is 4.14. The van der Waals surface area contributed by atoms with Crippen LogP contribution in [0.25, 0.3) is 0 Å². The number of hydrogen-bond donors (Lipinski definition) is 2. The van der Waals surface area contributed by atoms with Gasteiger partial charge in [0.25, 0.3) is 0 Å². The Balaban J connectivity index is 2.73. The Morgan fingerprint density at radius 1 is 1.59 bits per heavy atom. The number of ether oxygens (including phenoxy) is 1. The summed E-state index contributed by atoms with van der Waals surface area (Å²) in [6.07, 6.45) is 2.20. The highest BCUT2D eigenvalue weighted by Crippen LogP contribution is 2.21. The highest BCUT2D eigenvalue weighted by Gasteiger charge is 2.32. The van der Waals surface area contributed by atoms with Crippen molar-refractivity contribution in [1.29, 1.82) is 0 Å². The molecule has 96 valence electrons. The molecule has 1 heterocycles. The molecule has 2 unspecified atom stereocenters. The number of nitrogens with zero attached hydrogens (tertiary/aromatic N) is 1. The van der Waals surface area contributed by atoms with Gasteiger partial charge < -0.3 is 15.8 Å². The van der Waals surface area contributed by atoms with Crippen molar-refractivity contribution >= 4 is 12.3 Å². The van der Waals surface area contributed by atoms with E-state index in [9.17, 15) is 9.59 Å². The summed E-state index contributed by atoms with van der Waals surface area (Å²) >= 11 is 0. The molecule has 0 bridgehead atoms. The maximum atomic E-state index is 11.3. The Bertz CT molecular complexity index is 320. The molecule has 1 saturated heterocycles. The average Bonchev–Trinajstić information content (AvgIpc) is 2.64. The minimum Gasteiger partial charge on any atom is -0.355 e. The summed E-state index contributed by atoms with van der Waals surface area (Å²) in [6.45, 7) is 3.50. The van der Waals surface area contributed by atoms with Crippen molar-refractivity contribution in [2.24, 2.45) is 5.73 Å². The maximum absolute atomic E-state index is 11.3. The van der Waals surface area contributed by atoms with Gasteiger partial charge in [-0.05, 0) is 13.8 Å². The van der Waals surface area contributed by atoms with Crippen LogP contribution in [-0.2, 0) is 14.3 Å². The first-order chi connectivity index (χ1) is 7.99. The Hall–Kier alpha value is -1.40. The largest absolute Gasteiger partial charge is 0.355 e. The summed E-state index contributed by atoms with van der Waals surface area (Å²) in [6, 6.07) is -0.0869. The number of amides is 2. The molecule has 0 aromatic rings. The van der Waals surface area contributed by atoms with Crippen molar-refractivity contribution in [2.45, 2.75) is 38.6 Å². The topological polar surface area (TPSA) is 84.7 Å². The maximum Gasteiger partial charge on any atom is 0.248 e. The molecule has 0 aromatic heterocycles. The molecule has 1 fully saturated rings. The zero-order valence-electron chi connectivity index (χ0n) is 10.3. The zero-order chi connectivity index (χ0) is 13.0. The van der Waals surface area contributed by atoms with Crippen molar-refractivity contribution in [3.05, 3.63) is 11.8 Å². The van der Waals surface area contributed by atoms with Crippen LogP contribution < -0.4 is 11.1 Å². The standard InChI is InChI=1S/C11H19N3O3/c1-7(11(16)13-3)5-14(6-15)10-4-9(12)8(2)17-10/h5-6,8-10H,4,12H2,1-3H3,(H,13,16)/b7-5-/t8?,9-,10?/m1/s1. The molecule has 1 aliphatic heterocycles. The number of likely N-dealkylation sites (N-methyl/N-ethyl adjacent to an activating group) is 1. The fourth-order valence-electron chi connectivity index (χ4n) is 1.68. The van der Waals surface area contributed by atoms with Crippen LogP contribution in [0.5, 0.6) is 0 Å². The summed E-state index contributed by atoms with van der Waals surface area (Å²) in [5.41, 5.74) is 6.25. The number of carbonyl (C=O) groups excluding carboxylic acids is 2. The van der Waals surface area contributed by atoms with Gasteiger partial charge in [0.15, 0.2) is 0 Å². The van der Waals surface area contributed by atoms with Gasteiger partial charge in [-0.25, -0.2) is 0 Å². The molecule has 0 aliphatic carbocycles. The third-order valence-electron chi connectivity index (χ3n) is 2.83. The SMILES string of the molecule is CNC(=O)/C(C)=C\N(C=O)C1C[C@@H](N)C(C)O1. The smallest absolute Gasteiger partial charge is 0.248 e. The zero-order valence-corrected chi connectivity index (χ0v) is 10.3. The molecule has 2 amide bonds. The van der Waals surface area contributed by atoms with Crippen molar-refractivity contribution in [1.82, 2.24) is 10.2 Å². The molecule has 1 rings (SSSR count). The van der Waals surface area contributed by atoms with E-state index in [2.05, 4.69) is 5.32 Å². The number of hydrogen-bond acceptors (Lipinski definition) is 4. The minimum atomic E-state index is -0.392. The predicted molar refractivity (Wildman–Crippen MR) is 62.7 cm³/mol. The highest BCUT2D eigenvalue weighted by atomic mass is 16.5. The van der Waals surface area contributed by atoms with Gasteiger partial charge in [0.05, 0.1) is 6.10 Å². The second kappa shape index (κ2) is 5.79. The number of nitrogens with two attached hydrogens (primary N) is 1. The van der Waals surface area contributed by atoms with E-state index in [1.807, 2.05) is 6.92 Å². The lowest BCUT2D eigenvalue weighted by molar-refractivity contribution is -0.125. The second-order valence-electron chi connectivity index (χ2n) is 4.14. The molecule has 17 heavy (non-hydrogen) atoms. The molecule has 3 atom stereocenters. The Morgan fingerprint density at radius 2 is 2.24 bits per heavy atom. The van der Waals surface area contributed by atoms with Crippen LogP contribution in [0.2, 0.25) is 0 Å². The van der Waals surface area contributed by atoms with Gasteiger partial charge in [0.2, 0.25) is 12.3 Å². The van der Waals surface area contributed by atoms with E-state index in [1.165, 1.54) is 18.1 Å². The highest BCUT2D eigenvalue weighted by molar-refractivity contribution is 5.92. The van der Waals surface area contributed by atoms with Gasteiger partial charge >= 0.3 is 0 Å². The third-order valence-corrected chi connectivity index (χ3v) is 2.83. The molecule has 6 nitrogen and oxygen atoms in total. The number of nitrogens with one attached hydrogen (secondary N) is 1. The van der Waals surface area contributed by atoms with Crippen molar-refractivity contribution in [3.8, 4) is 0 Å². The van der Waals surface area contributed by atoms with Gasteiger partial charge in [-0.3, -0.25) is 14.5 Å². The quantitative estimate of drug-likeness (QED) is 0.516. The first kappa shape index (κ1) is 13.7. The Morgan fingerprint density at radius 3 is 2.65 bits per heavy atom. The number of carbonyl (C=O) groups is 2. The van der Waals surface area contributed by atoms with Crippen LogP contribution in [0.15, 0.2) is 11.8 Å². The summed E-state index contributed by atoms with van der Waals surface area (Å²) in [7, 11) is 1.54. The van der Waals surface area contributed by atoms with Gasteiger partial charge in [-0.15, -0.1) is 0 Å². The Labute approximate surface area is 101 Å². The van der Waals surface area contributed by atoms with Crippen molar-refractivity contribution in [3.63, 3.8) is 0 Å². The van der Waals surface area contributed by atoms with Crippen molar-refractivity contribution < 1.29 is 14.3 Å². The van der Waals surface area contributed by atoms with E-state index in [-0.39, 0.29) is 18.1 Å². The van der Waals surface area contributed by atoms with Crippen LogP contribution in [0.1, 0.15) is 20.3 Å². The number of rotatable bonds is 4. The molecular formula is C11H19N3O3. The van der Waals surface area contributed by atoms with E-state index < -0.39 is 6.23 Å². The molecule has 6 heteroatoms. The van der Waals surface area contributed by atoms with Crippen LogP contribution in [0.3, 0.4) is 0 Å². The van der Waals surface area contributed by atoms with Gasteiger partial charge in [-0.2, -0.15) is 0 Å². The van der Waals surface area contributed by atoms with E-state index in [1.54, 1.807) is 6.92 Å². The fraction of sp³-hybridized carbons (Fsp3) is 0.636. The molecular weight excluding hydrogens is 222 g/mol. The molecule has 0 aromatic carbocycles. The first-order valence-electron chi connectivity index (χ1n) is 5.54. The van der Waals surface area contributed by atoms with Crippen molar-refractivity contribution in [2.75, 3.05) is 7.05 Å². The van der Waals surface area contributed by atoms with E-state index >= 15 is 0 Å². The van der Waals surface area contributed by atoms with Gasteiger partial charge in [-0.1, -0.05) is 0 Å². The normalized spacial score (nSPS) is 28.9. The van der Waals surface area contributed by atoms with E-state index in [0.29, 0.717) is 18.4 Å². The van der Waals surface area contributed by atoms with Crippen LogP contribution in [-0.4, -0.2) is 42.6 Å². The van der Waals surface area contributed by atoms with E-state index in [0.717, 1.165) is 0 Å². The van der Waals surface area contributed by atoms with E-state index in [4.69, 9.17) is 10.5 Å². The average molecular weight is 241 g/mol. The fourth-order valence-corrected chi connectivity index (χ4v) is 1.68. The molecule has 3 N–H and O–H groups in total. The van der Waals surface area contributed by atoms with Crippen LogP contribution in [0, 0.1) is 0 Å². The Kier molecular flexibility index (Phi) is 4.65. The minimum absolute atomic E-state index is 0.0869. The lowest BCUT2D eigenvalue weighted by Gasteiger charge is -2.21. The lowest BCUT2D eigenvalue weighted by Crippen LogP contribution is -2.31. The molecule has 0 saturated carbocycles. The third kappa shape index (κ3) is 3.28. The summed E-state index contributed by atoms with van der Waals surface area (Å²) in [4.78, 5) is 23.6. The van der Waals surface area contributed by atoms with Crippen LogP contribution in [0.4, 0.5) is 0 Å². The van der Waals surface area contributed by atoms with Gasteiger partial charge in [0, 0.05) is 31.3 Å². The van der Waals surface area contributed by atoms with Gasteiger partial charge in [0.1, 0.15) is 6.23 Å². The predicted octanol–water partition coefficient (Wildman–Crippen LogP) is -0.443.